The molecule has 3 heteroatoms. The minimum Gasteiger partial charge on any atom is -0.298 e. The molecule has 0 heterocycles. The molecule has 0 atom stereocenters. The second-order valence-electron chi connectivity index (χ2n) is 4.44. The van der Waals surface area contributed by atoms with Crippen molar-refractivity contribution in [3.8, 4) is 0 Å². The van der Waals surface area contributed by atoms with Gasteiger partial charge in [0.15, 0.2) is 11.6 Å². The molecule has 1 aromatic carbocycles. The summed E-state index contributed by atoms with van der Waals surface area (Å²) in [5, 5.41) is 0. The first kappa shape index (κ1) is 12.7. The maximum atomic E-state index is 12.3. The summed E-state index contributed by atoms with van der Waals surface area (Å²) >= 11 is 2.21. The number of benzene rings is 1. The van der Waals surface area contributed by atoms with Crippen LogP contribution in [0.4, 0.5) is 0 Å². The van der Waals surface area contributed by atoms with Crippen molar-refractivity contribution in [2.24, 2.45) is 0 Å². The number of ketones is 2. The Balaban J connectivity index is 2.60. The lowest BCUT2D eigenvalue weighted by Crippen LogP contribution is -2.46. The first-order valence-electron chi connectivity index (χ1n) is 5.94. The minimum atomic E-state index is -0.865. The van der Waals surface area contributed by atoms with Gasteiger partial charge in [0.25, 0.3) is 0 Å². The smallest absolute Gasteiger partial charge is 0.150 e. The molecule has 0 unspecified atom stereocenters. The quantitative estimate of drug-likeness (QED) is 0.611. The summed E-state index contributed by atoms with van der Waals surface area (Å²) in [6.45, 7) is 1.93. The van der Waals surface area contributed by atoms with E-state index in [1.165, 1.54) is 0 Å². The molecular formula is C14H15IO2. The van der Waals surface area contributed by atoms with E-state index in [-0.39, 0.29) is 11.6 Å². The monoisotopic (exact) mass is 342 g/mol. The second-order valence-corrected chi connectivity index (χ2v) is 5.60. The van der Waals surface area contributed by atoms with Crippen LogP contribution in [0.2, 0.25) is 0 Å². The number of carbonyl (C=O) groups is 2. The Morgan fingerprint density at radius 2 is 1.76 bits per heavy atom. The zero-order valence-electron chi connectivity index (χ0n) is 9.83. The fourth-order valence-corrected chi connectivity index (χ4v) is 3.53. The molecule has 1 saturated carbocycles. The maximum absolute atomic E-state index is 12.3. The van der Waals surface area contributed by atoms with Crippen molar-refractivity contribution in [2.45, 2.75) is 38.0 Å². The topological polar surface area (TPSA) is 34.1 Å². The molecule has 0 amide bonds. The van der Waals surface area contributed by atoms with Crippen LogP contribution in [0.5, 0.6) is 0 Å². The maximum Gasteiger partial charge on any atom is 0.150 e. The van der Waals surface area contributed by atoms with Crippen LogP contribution in [-0.4, -0.2) is 11.6 Å². The average Bonchev–Trinajstić information content (AvgIpc) is 2.32. The molecule has 90 valence electrons. The Morgan fingerprint density at radius 3 is 2.29 bits per heavy atom. The largest absolute Gasteiger partial charge is 0.298 e. The molecule has 17 heavy (non-hydrogen) atoms. The molecule has 0 aliphatic heterocycles. The summed E-state index contributed by atoms with van der Waals surface area (Å²) in [6, 6.07) is 7.73. The third kappa shape index (κ3) is 1.94. The van der Waals surface area contributed by atoms with E-state index in [1.807, 2.05) is 31.2 Å². The normalized spacial score (nSPS) is 19.4. The zero-order valence-corrected chi connectivity index (χ0v) is 12.0. The third-order valence-electron chi connectivity index (χ3n) is 3.62. The molecule has 0 spiro atoms. The van der Waals surface area contributed by atoms with Crippen LogP contribution in [0.3, 0.4) is 0 Å². The van der Waals surface area contributed by atoms with E-state index < -0.39 is 5.41 Å². The number of hydrogen-bond acceptors (Lipinski definition) is 2. The summed E-state index contributed by atoms with van der Waals surface area (Å²) in [7, 11) is 0. The summed E-state index contributed by atoms with van der Waals surface area (Å²) in [6.07, 6.45) is 2.35. The minimum absolute atomic E-state index is 0.0976. The highest BCUT2D eigenvalue weighted by Gasteiger charge is 2.47. The van der Waals surface area contributed by atoms with Crippen molar-refractivity contribution in [3.63, 3.8) is 0 Å². The van der Waals surface area contributed by atoms with Crippen LogP contribution < -0.4 is 0 Å². The third-order valence-corrected chi connectivity index (χ3v) is 4.56. The van der Waals surface area contributed by atoms with Crippen molar-refractivity contribution in [1.82, 2.24) is 0 Å². The van der Waals surface area contributed by atoms with Gasteiger partial charge < -0.3 is 0 Å². The molecule has 2 rings (SSSR count). The van der Waals surface area contributed by atoms with Gasteiger partial charge in [-0.3, -0.25) is 9.59 Å². The van der Waals surface area contributed by atoms with Crippen LogP contribution in [-0.2, 0) is 15.0 Å². The van der Waals surface area contributed by atoms with Gasteiger partial charge in [-0.1, -0.05) is 25.1 Å². The molecule has 1 fully saturated rings. The number of carbonyl (C=O) groups excluding carboxylic acids is 2. The summed E-state index contributed by atoms with van der Waals surface area (Å²) in [4.78, 5) is 24.6. The summed E-state index contributed by atoms with van der Waals surface area (Å²) in [5.41, 5.74) is 0.0357. The molecule has 0 aromatic heterocycles. The van der Waals surface area contributed by atoms with Gasteiger partial charge in [0, 0.05) is 16.4 Å². The number of halogens is 1. The van der Waals surface area contributed by atoms with E-state index in [4.69, 9.17) is 0 Å². The highest BCUT2D eigenvalue weighted by molar-refractivity contribution is 14.1. The van der Waals surface area contributed by atoms with Gasteiger partial charge in [0.1, 0.15) is 5.41 Å². The number of Topliss-reactive ketones (excluding diaryl/α,β-unsaturated/α-hetero) is 2. The highest BCUT2D eigenvalue weighted by atomic mass is 127. The number of hydrogen-bond donors (Lipinski definition) is 0. The Bertz CT molecular complexity index is 449. The van der Waals surface area contributed by atoms with Crippen molar-refractivity contribution < 1.29 is 9.59 Å². The van der Waals surface area contributed by atoms with E-state index >= 15 is 0 Å². The predicted molar refractivity (Wildman–Crippen MR) is 75.0 cm³/mol. The Labute approximate surface area is 115 Å². The standard InChI is InChI=1S/C14H15IO2/c1-2-14(10-6-3-4-7-11(10)15)12(16)8-5-9-13(14)17/h3-4,6-7H,2,5,8-9H2,1H3. The van der Waals surface area contributed by atoms with Gasteiger partial charge >= 0.3 is 0 Å². The van der Waals surface area contributed by atoms with E-state index in [0.717, 1.165) is 9.13 Å². The van der Waals surface area contributed by atoms with Crippen molar-refractivity contribution >= 4 is 34.2 Å². The molecular weight excluding hydrogens is 327 g/mol. The van der Waals surface area contributed by atoms with Crippen molar-refractivity contribution in [2.75, 3.05) is 0 Å². The lowest BCUT2D eigenvalue weighted by molar-refractivity contribution is -0.138. The lowest BCUT2D eigenvalue weighted by Gasteiger charge is -2.34. The Hall–Kier alpha value is -0.710. The predicted octanol–water partition coefficient (Wildman–Crippen LogP) is 3.26. The van der Waals surface area contributed by atoms with Crippen LogP contribution in [0, 0.1) is 3.57 Å². The SMILES string of the molecule is CCC1(c2ccccc2I)C(=O)CCCC1=O. The molecule has 0 saturated heterocycles. The zero-order chi connectivity index (χ0) is 12.5. The Morgan fingerprint density at radius 1 is 1.18 bits per heavy atom. The van der Waals surface area contributed by atoms with Gasteiger partial charge in [-0.2, -0.15) is 0 Å². The van der Waals surface area contributed by atoms with Gasteiger partial charge in [0.05, 0.1) is 0 Å². The van der Waals surface area contributed by atoms with Crippen LogP contribution in [0.1, 0.15) is 38.2 Å². The van der Waals surface area contributed by atoms with Crippen molar-refractivity contribution in [3.05, 3.63) is 33.4 Å². The average molecular weight is 342 g/mol. The van der Waals surface area contributed by atoms with Gasteiger partial charge in [-0.25, -0.2) is 0 Å². The van der Waals surface area contributed by atoms with Crippen molar-refractivity contribution in [1.29, 1.82) is 0 Å². The van der Waals surface area contributed by atoms with E-state index in [2.05, 4.69) is 22.6 Å². The number of rotatable bonds is 2. The van der Waals surface area contributed by atoms with E-state index in [1.54, 1.807) is 0 Å². The molecule has 1 aliphatic rings. The molecule has 2 nitrogen and oxygen atoms in total. The molecule has 0 N–H and O–H groups in total. The fraction of sp³-hybridized carbons (Fsp3) is 0.429. The first-order chi connectivity index (χ1) is 8.13. The lowest BCUT2D eigenvalue weighted by atomic mass is 9.66. The molecule has 1 aromatic rings. The molecule has 0 radical (unpaired) electrons. The van der Waals surface area contributed by atoms with Gasteiger partial charge in [-0.05, 0) is 47.1 Å². The second kappa shape index (κ2) is 4.88. The van der Waals surface area contributed by atoms with E-state index in [0.29, 0.717) is 25.7 Å². The highest BCUT2D eigenvalue weighted by Crippen LogP contribution is 2.38. The van der Waals surface area contributed by atoms with Gasteiger partial charge in [0.2, 0.25) is 0 Å². The molecule has 0 bridgehead atoms. The van der Waals surface area contributed by atoms with Gasteiger partial charge in [-0.15, -0.1) is 0 Å². The van der Waals surface area contributed by atoms with E-state index in [9.17, 15) is 9.59 Å². The molecule has 1 aliphatic carbocycles. The fourth-order valence-electron chi connectivity index (χ4n) is 2.68. The Kier molecular flexibility index (Phi) is 3.66. The first-order valence-corrected chi connectivity index (χ1v) is 7.02. The van der Waals surface area contributed by atoms with Crippen LogP contribution in [0.25, 0.3) is 0 Å². The van der Waals surface area contributed by atoms with Crippen LogP contribution >= 0.6 is 22.6 Å². The summed E-state index contributed by atoms with van der Waals surface area (Å²) in [5.74, 6) is 0.195. The summed E-state index contributed by atoms with van der Waals surface area (Å²) < 4.78 is 1.01. The van der Waals surface area contributed by atoms with Crippen LogP contribution in [0.15, 0.2) is 24.3 Å².